The molecule has 146 valence electrons. The zero-order valence-electron chi connectivity index (χ0n) is 15.6. The van der Waals surface area contributed by atoms with Crippen molar-refractivity contribution in [2.45, 2.75) is 45.7 Å². The summed E-state index contributed by atoms with van der Waals surface area (Å²) in [6, 6.07) is 4.72. The number of amides is 3. The van der Waals surface area contributed by atoms with E-state index in [1.54, 1.807) is 23.1 Å². The van der Waals surface area contributed by atoms with Gasteiger partial charge in [0.25, 0.3) is 5.91 Å². The number of benzene rings is 1. The zero-order chi connectivity index (χ0) is 18.8. The van der Waals surface area contributed by atoms with Gasteiger partial charge in [-0.05, 0) is 64.8 Å². The molecule has 0 radical (unpaired) electrons. The van der Waals surface area contributed by atoms with Gasteiger partial charge in [-0.1, -0.05) is 11.6 Å². The second kappa shape index (κ2) is 8.93. The fourth-order valence-electron chi connectivity index (χ4n) is 3.02. The molecule has 0 aliphatic carbocycles. The first-order valence-corrected chi connectivity index (χ1v) is 8.88. The van der Waals surface area contributed by atoms with Gasteiger partial charge in [-0.25, -0.2) is 4.79 Å². The molecule has 1 aliphatic heterocycles. The summed E-state index contributed by atoms with van der Waals surface area (Å²) in [5, 5.41) is 5.93. The molecular formula is C18H28Cl2N4O2. The third kappa shape index (κ3) is 5.76. The zero-order valence-corrected chi connectivity index (χ0v) is 17.2. The van der Waals surface area contributed by atoms with Gasteiger partial charge in [-0.15, -0.1) is 12.4 Å². The van der Waals surface area contributed by atoms with E-state index in [2.05, 4.69) is 10.6 Å². The van der Waals surface area contributed by atoms with E-state index < -0.39 is 0 Å². The molecule has 3 amide bonds. The van der Waals surface area contributed by atoms with E-state index in [-0.39, 0.29) is 35.9 Å². The minimum atomic E-state index is -0.350. The lowest BCUT2D eigenvalue weighted by molar-refractivity contribution is 0.0743. The molecule has 2 rings (SSSR count). The Labute approximate surface area is 166 Å². The van der Waals surface area contributed by atoms with Crippen molar-refractivity contribution in [2.24, 2.45) is 11.7 Å². The molecule has 0 saturated carbocycles. The molecule has 6 nitrogen and oxygen atoms in total. The summed E-state index contributed by atoms with van der Waals surface area (Å²) in [5.41, 5.74) is 6.30. The molecule has 1 aromatic carbocycles. The molecule has 4 N–H and O–H groups in total. The third-order valence-corrected chi connectivity index (χ3v) is 4.53. The van der Waals surface area contributed by atoms with Crippen molar-refractivity contribution in [3.05, 3.63) is 28.8 Å². The molecule has 8 heteroatoms. The van der Waals surface area contributed by atoms with E-state index in [4.69, 9.17) is 17.3 Å². The van der Waals surface area contributed by atoms with E-state index in [1.807, 2.05) is 27.7 Å². The standard InChI is InChI=1S/C18H27ClN4O2.ClH/c1-11-7-12(9-20)10-23(11)16(24)14-8-13(5-6-15(14)19)21-17(25)22-18(2,3)4;/h5-6,8,11-12H,7,9-10,20H2,1-4H3,(H2,21,22,25);1H. The quantitative estimate of drug-likeness (QED) is 0.722. The fourth-order valence-corrected chi connectivity index (χ4v) is 3.22. The van der Waals surface area contributed by atoms with E-state index in [1.165, 1.54) is 0 Å². The highest BCUT2D eigenvalue weighted by atomic mass is 35.5. The second-order valence-corrected chi connectivity index (χ2v) is 8.07. The molecule has 1 heterocycles. The predicted octanol–water partition coefficient (Wildman–Crippen LogP) is 3.49. The van der Waals surface area contributed by atoms with Gasteiger partial charge in [0.1, 0.15) is 0 Å². The third-order valence-electron chi connectivity index (χ3n) is 4.20. The van der Waals surface area contributed by atoms with Crippen LogP contribution in [0.2, 0.25) is 5.02 Å². The number of carbonyl (C=O) groups excluding carboxylic acids is 2. The summed E-state index contributed by atoms with van der Waals surface area (Å²) in [7, 11) is 0. The Kier molecular flexibility index (Phi) is 7.74. The van der Waals surface area contributed by atoms with Gasteiger partial charge in [0.2, 0.25) is 0 Å². The normalized spacial score (nSPS) is 19.7. The molecule has 2 unspecified atom stereocenters. The highest BCUT2D eigenvalue weighted by Crippen LogP contribution is 2.28. The van der Waals surface area contributed by atoms with E-state index in [0.717, 1.165) is 6.42 Å². The molecule has 1 fully saturated rings. The number of nitrogens with one attached hydrogen (secondary N) is 2. The second-order valence-electron chi connectivity index (χ2n) is 7.67. The Morgan fingerprint density at radius 1 is 1.35 bits per heavy atom. The SMILES string of the molecule is CC1CC(CN)CN1C(=O)c1cc(NC(=O)NC(C)(C)C)ccc1Cl.Cl. The topological polar surface area (TPSA) is 87.5 Å². The van der Waals surface area contributed by atoms with Crippen molar-refractivity contribution in [3.8, 4) is 0 Å². The number of anilines is 1. The van der Waals surface area contributed by atoms with Crippen LogP contribution < -0.4 is 16.4 Å². The number of rotatable bonds is 3. The lowest BCUT2D eigenvalue weighted by Gasteiger charge is -2.23. The highest BCUT2D eigenvalue weighted by Gasteiger charge is 2.33. The molecule has 1 saturated heterocycles. The lowest BCUT2D eigenvalue weighted by atomic mass is 10.1. The van der Waals surface area contributed by atoms with E-state index in [0.29, 0.717) is 35.3 Å². The first kappa shape index (κ1) is 22.5. The predicted molar refractivity (Wildman–Crippen MR) is 108 cm³/mol. The van der Waals surface area contributed by atoms with Gasteiger partial charge >= 0.3 is 6.03 Å². The summed E-state index contributed by atoms with van der Waals surface area (Å²) in [4.78, 5) is 26.7. The van der Waals surface area contributed by atoms with E-state index >= 15 is 0 Å². The number of nitrogens with two attached hydrogens (primary N) is 1. The average Bonchev–Trinajstić information content (AvgIpc) is 2.87. The summed E-state index contributed by atoms with van der Waals surface area (Å²) in [6.45, 7) is 8.90. The average molecular weight is 403 g/mol. The van der Waals surface area contributed by atoms with Crippen LogP contribution in [0.1, 0.15) is 44.5 Å². The maximum atomic E-state index is 12.9. The largest absolute Gasteiger partial charge is 0.336 e. The fraction of sp³-hybridized carbons (Fsp3) is 0.556. The highest BCUT2D eigenvalue weighted by molar-refractivity contribution is 6.34. The molecule has 0 aromatic heterocycles. The maximum Gasteiger partial charge on any atom is 0.319 e. The summed E-state index contributed by atoms with van der Waals surface area (Å²) in [5.74, 6) is 0.185. The number of nitrogens with zero attached hydrogens (tertiary/aromatic N) is 1. The smallest absolute Gasteiger partial charge is 0.319 e. The Balaban J connectivity index is 0.00000338. The van der Waals surface area contributed by atoms with Gasteiger partial charge in [0.05, 0.1) is 10.6 Å². The van der Waals surface area contributed by atoms with Gasteiger partial charge in [-0.3, -0.25) is 4.79 Å². The molecule has 0 bridgehead atoms. The van der Waals surface area contributed by atoms with Crippen LogP contribution in [-0.4, -0.2) is 41.5 Å². The van der Waals surface area contributed by atoms with Crippen LogP contribution in [0.3, 0.4) is 0 Å². The Hall–Kier alpha value is -1.50. The minimum Gasteiger partial charge on any atom is -0.336 e. The minimum absolute atomic E-state index is 0. The first-order valence-electron chi connectivity index (χ1n) is 8.50. The van der Waals surface area contributed by atoms with Crippen LogP contribution in [0.15, 0.2) is 18.2 Å². The number of hydrogen-bond donors (Lipinski definition) is 3. The summed E-state index contributed by atoms with van der Waals surface area (Å²) < 4.78 is 0. The number of halogens is 2. The van der Waals surface area contributed by atoms with Crippen molar-refractivity contribution in [1.29, 1.82) is 0 Å². The van der Waals surface area contributed by atoms with Crippen molar-refractivity contribution < 1.29 is 9.59 Å². The van der Waals surface area contributed by atoms with Crippen LogP contribution in [0.25, 0.3) is 0 Å². The van der Waals surface area contributed by atoms with Gasteiger partial charge < -0.3 is 21.3 Å². The number of urea groups is 1. The Morgan fingerprint density at radius 2 is 2.00 bits per heavy atom. The van der Waals surface area contributed by atoms with Crippen LogP contribution in [-0.2, 0) is 0 Å². The van der Waals surface area contributed by atoms with Crippen molar-refractivity contribution >= 4 is 41.6 Å². The van der Waals surface area contributed by atoms with Crippen LogP contribution >= 0.6 is 24.0 Å². The molecule has 0 spiro atoms. The van der Waals surface area contributed by atoms with Crippen molar-refractivity contribution in [2.75, 3.05) is 18.4 Å². The van der Waals surface area contributed by atoms with Crippen LogP contribution in [0.5, 0.6) is 0 Å². The summed E-state index contributed by atoms with van der Waals surface area (Å²) >= 11 is 6.23. The molecule has 26 heavy (non-hydrogen) atoms. The van der Waals surface area contributed by atoms with Gasteiger partial charge in [0.15, 0.2) is 0 Å². The van der Waals surface area contributed by atoms with Gasteiger partial charge in [-0.2, -0.15) is 0 Å². The Bertz CT molecular complexity index is 661. The lowest BCUT2D eigenvalue weighted by Crippen LogP contribution is -2.43. The van der Waals surface area contributed by atoms with Crippen molar-refractivity contribution in [1.82, 2.24) is 10.2 Å². The molecule has 2 atom stereocenters. The molecule has 1 aliphatic rings. The van der Waals surface area contributed by atoms with Gasteiger partial charge in [0, 0.05) is 23.8 Å². The maximum absolute atomic E-state index is 12.9. The van der Waals surface area contributed by atoms with E-state index in [9.17, 15) is 9.59 Å². The molecular weight excluding hydrogens is 375 g/mol. The van der Waals surface area contributed by atoms with Crippen LogP contribution in [0.4, 0.5) is 10.5 Å². The number of likely N-dealkylation sites (tertiary alicyclic amines) is 1. The van der Waals surface area contributed by atoms with Crippen molar-refractivity contribution in [3.63, 3.8) is 0 Å². The Morgan fingerprint density at radius 3 is 2.54 bits per heavy atom. The van der Waals surface area contributed by atoms with Crippen LogP contribution in [0, 0.1) is 5.92 Å². The number of hydrogen-bond acceptors (Lipinski definition) is 3. The summed E-state index contributed by atoms with van der Waals surface area (Å²) in [6.07, 6.45) is 0.895. The first-order chi connectivity index (χ1) is 11.6. The number of carbonyl (C=O) groups is 2. The molecule has 1 aromatic rings. The monoisotopic (exact) mass is 402 g/mol.